The van der Waals surface area contributed by atoms with Crippen LogP contribution in [-0.2, 0) is 11.2 Å². The predicted octanol–water partition coefficient (Wildman–Crippen LogP) is 6.41. The molecule has 0 aliphatic heterocycles. The monoisotopic (exact) mass is 469 g/mol. The Labute approximate surface area is 205 Å². The van der Waals surface area contributed by atoms with Gasteiger partial charge in [-0.3, -0.25) is 9.36 Å². The molecule has 1 aromatic heterocycles. The van der Waals surface area contributed by atoms with Crippen molar-refractivity contribution in [2.75, 3.05) is 11.9 Å². The molecule has 4 rings (SSSR count). The quantitative estimate of drug-likeness (QED) is 0.323. The molecule has 35 heavy (non-hydrogen) atoms. The fraction of sp³-hybridized carbons (Fsp3) is 0.276. The number of aryl methyl sites for hydroxylation is 2. The Bertz CT molecular complexity index is 1400. The maximum atomic E-state index is 12.3. The molecule has 0 aliphatic carbocycles. The molecular weight excluding hydrogens is 438 g/mol. The third-order valence-electron chi connectivity index (χ3n) is 6.44. The fourth-order valence-electron chi connectivity index (χ4n) is 4.49. The number of unbranched alkanes of at least 4 members (excludes halogenated alkanes) is 1. The second kappa shape index (κ2) is 10.1. The van der Waals surface area contributed by atoms with Crippen LogP contribution in [0, 0.1) is 6.92 Å². The number of hydrogen-bond donors (Lipinski definition) is 1. The number of amides is 1. The first kappa shape index (κ1) is 24.2. The molecular formula is C29H31N3O3. The smallest absolute Gasteiger partial charge is 0.336 e. The Kier molecular flexibility index (Phi) is 7.01. The number of rotatable bonds is 8. The maximum Gasteiger partial charge on any atom is 0.336 e. The summed E-state index contributed by atoms with van der Waals surface area (Å²) >= 11 is 0. The van der Waals surface area contributed by atoms with Gasteiger partial charge in [0.1, 0.15) is 5.82 Å². The van der Waals surface area contributed by atoms with E-state index in [1.807, 2.05) is 56.3 Å². The predicted molar refractivity (Wildman–Crippen MR) is 141 cm³/mol. The molecule has 3 aromatic carbocycles. The van der Waals surface area contributed by atoms with E-state index < -0.39 is 5.97 Å². The van der Waals surface area contributed by atoms with Crippen molar-refractivity contribution < 1.29 is 14.7 Å². The lowest BCUT2D eigenvalue weighted by Crippen LogP contribution is -2.24. The summed E-state index contributed by atoms with van der Waals surface area (Å²) in [5, 5.41) is 9.65. The number of carbonyl (C=O) groups excluding carboxylic acids is 1. The van der Waals surface area contributed by atoms with E-state index in [2.05, 4.69) is 17.6 Å². The third kappa shape index (κ3) is 4.69. The summed E-state index contributed by atoms with van der Waals surface area (Å²) in [6, 6.07) is 19.1. The van der Waals surface area contributed by atoms with Crippen molar-refractivity contribution in [1.82, 2.24) is 9.55 Å². The highest BCUT2D eigenvalue weighted by Gasteiger charge is 2.18. The van der Waals surface area contributed by atoms with Crippen molar-refractivity contribution >= 4 is 28.6 Å². The second-order valence-electron chi connectivity index (χ2n) is 8.80. The van der Waals surface area contributed by atoms with E-state index in [4.69, 9.17) is 4.98 Å². The summed E-state index contributed by atoms with van der Waals surface area (Å²) in [5.41, 5.74) is 6.48. The van der Waals surface area contributed by atoms with Crippen molar-refractivity contribution in [1.29, 1.82) is 0 Å². The summed E-state index contributed by atoms with van der Waals surface area (Å²) in [6.07, 6.45) is 3.36. The number of anilines is 1. The maximum absolute atomic E-state index is 12.3. The first-order valence-corrected chi connectivity index (χ1v) is 12.1. The molecule has 0 spiro atoms. The molecule has 1 N–H and O–H groups in total. The topological polar surface area (TPSA) is 75.4 Å². The van der Waals surface area contributed by atoms with Gasteiger partial charge >= 0.3 is 5.97 Å². The second-order valence-corrected chi connectivity index (χ2v) is 8.80. The van der Waals surface area contributed by atoms with Gasteiger partial charge < -0.3 is 10.0 Å². The molecule has 0 bridgehead atoms. The molecule has 4 aromatic rings. The Hall–Kier alpha value is -3.93. The molecule has 0 fully saturated rings. The van der Waals surface area contributed by atoms with Gasteiger partial charge in [-0.15, -0.1) is 0 Å². The minimum absolute atomic E-state index is 0.0546. The van der Waals surface area contributed by atoms with Gasteiger partial charge in [-0.2, -0.15) is 0 Å². The minimum atomic E-state index is -0.940. The number of imidazole rings is 1. The van der Waals surface area contributed by atoms with Gasteiger partial charge in [-0.25, -0.2) is 9.78 Å². The first-order chi connectivity index (χ1) is 16.8. The van der Waals surface area contributed by atoms with Crippen LogP contribution in [0.25, 0.3) is 27.8 Å². The van der Waals surface area contributed by atoms with Crippen molar-refractivity contribution in [2.45, 2.75) is 46.5 Å². The molecule has 1 amide bonds. The van der Waals surface area contributed by atoms with Crippen LogP contribution < -0.4 is 4.90 Å². The molecule has 0 atom stereocenters. The lowest BCUT2D eigenvalue weighted by atomic mass is 9.95. The van der Waals surface area contributed by atoms with Gasteiger partial charge in [0.25, 0.3) is 0 Å². The normalized spacial score (nSPS) is 11.1. The Balaban J connectivity index is 1.87. The zero-order valence-corrected chi connectivity index (χ0v) is 20.7. The van der Waals surface area contributed by atoms with E-state index in [-0.39, 0.29) is 11.5 Å². The molecule has 6 nitrogen and oxygen atoms in total. The number of hydrogen-bond acceptors (Lipinski definition) is 3. The lowest BCUT2D eigenvalue weighted by Gasteiger charge is -2.17. The van der Waals surface area contributed by atoms with Gasteiger partial charge in [0.05, 0.1) is 16.6 Å². The lowest BCUT2D eigenvalue weighted by molar-refractivity contribution is -0.118. The van der Waals surface area contributed by atoms with Crippen LogP contribution in [0.2, 0.25) is 0 Å². The standard InChI is InChI=1S/C29H31N3O3/c1-5-7-12-27-30-25-16-14-20(31(4)28(33)6-2)18-26(25)32(27)21-13-15-22(19(3)17-21)23-10-8-9-11-24(23)29(34)35/h8-11,13-18H,5-7,12H2,1-4H3,(H,34,35). The number of aromatic carboxylic acids is 1. The van der Waals surface area contributed by atoms with Crippen molar-refractivity contribution in [3.63, 3.8) is 0 Å². The van der Waals surface area contributed by atoms with Crippen LogP contribution in [0.15, 0.2) is 60.7 Å². The minimum Gasteiger partial charge on any atom is -0.478 e. The van der Waals surface area contributed by atoms with Crippen LogP contribution in [-0.4, -0.2) is 33.6 Å². The molecule has 0 saturated carbocycles. The molecule has 6 heteroatoms. The molecule has 1 heterocycles. The number of carboxylic acid groups (broad SMARTS) is 1. The number of carboxylic acids is 1. The van der Waals surface area contributed by atoms with Gasteiger partial charge in [0, 0.05) is 31.3 Å². The summed E-state index contributed by atoms with van der Waals surface area (Å²) in [7, 11) is 1.80. The summed E-state index contributed by atoms with van der Waals surface area (Å²) < 4.78 is 2.17. The average Bonchev–Trinajstić information content (AvgIpc) is 3.23. The van der Waals surface area contributed by atoms with E-state index >= 15 is 0 Å². The van der Waals surface area contributed by atoms with Crippen LogP contribution in [0.1, 0.15) is 54.9 Å². The Morgan fingerprint density at radius 3 is 2.46 bits per heavy atom. The zero-order chi connectivity index (χ0) is 25.1. The van der Waals surface area contributed by atoms with E-state index in [1.165, 1.54) is 0 Å². The number of fused-ring (bicyclic) bond motifs is 1. The van der Waals surface area contributed by atoms with E-state index in [1.54, 1.807) is 24.1 Å². The summed E-state index contributed by atoms with van der Waals surface area (Å²) in [6.45, 7) is 6.02. The highest BCUT2D eigenvalue weighted by molar-refractivity contribution is 5.97. The fourth-order valence-corrected chi connectivity index (χ4v) is 4.49. The number of benzene rings is 3. The SMILES string of the molecule is CCCCc1nc2ccc(N(C)C(=O)CC)cc2n1-c1ccc(-c2ccccc2C(=O)O)c(C)c1. The van der Waals surface area contributed by atoms with Crippen LogP contribution >= 0.6 is 0 Å². The van der Waals surface area contributed by atoms with Crippen LogP contribution in [0.3, 0.4) is 0 Å². The van der Waals surface area contributed by atoms with Crippen molar-refractivity contribution in [2.24, 2.45) is 0 Å². The molecule has 0 aliphatic rings. The number of nitrogens with zero attached hydrogens (tertiary/aromatic N) is 3. The molecule has 0 radical (unpaired) electrons. The number of carbonyl (C=O) groups is 2. The largest absolute Gasteiger partial charge is 0.478 e. The average molecular weight is 470 g/mol. The van der Waals surface area contributed by atoms with Crippen molar-refractivity contribution in [3.05, 3.63) is 77.6 Å². The Morgan fingerprint density at radius 2 is 1.77 bits per heavy atom. The first-order valence-electron chi connectivity index (χ1n) is 12.1. The summed E-state index contributed by atoms with van der Waals surface area (Å²) in [5.74, 6) is 0.0882. The number of aromatic nitrogens is 2. The van der Waals surface area contributed by atoms with E-state index in [0.717, 1.165) is 58.6 Å². The van der Waals surface area contributed by atoms with Crippen molar-refractivity contribution in [3.8, 4) is 16.8 Å². The molecule has 0 unspecified atom stereocenters. The van der Waals surface area contributed by atoms with E-state index in [0.29, 0.717) is 12.0 Å². The van der Waals surface area contributed by atoms with Crippen LogP contribution in [0.4, 0.5) is 5.69 Å². The van der Waals surface area contributed by atoms with Gasteiger partial charge in [-0.1, -0.05) is 44.5 Å². The molecule has 0 saturated heterocycles. The van der Waals surface area contributed by atoms with Gasteiger partial charge in [0.15, 0.2) is 0 Å². The zero-order valence-electron chi connectivity index (χ0n) is 20.7. The highest BCUT2D eigenvalue weighted by atomic mass is 16.4. The highest BCUT2D eigenvalue weighted by Crippen LogP contribution is 2.32. The summed E-state index contributed by atoms with van der Waals surface area (Å²) in [4.78, 5) is 30.7. The van der Waals surface area contributed by atoms with Gasteiger partial charge in [0.2, 0.25) is 5.91 Å². The van der Waals surface area contributed by atoms with Crippen LogP contribution in [0.5, 0.6) is 0 Å². The third-order valence-corrected chi connectivity index (χ3v) is 6.44. The van der Waals surface area contributed by atoms with Gasteiger partial charge in [-0.05, 0) is 66.4 Å². The van der Waals surface area contributed by atoms with E-state index in [9.17, 15) is 14.7 Å². The Morgan fingerprint density at radius 1 is 1.00 bits per heavy atom. The molecule has 180 valence electrons.